The van der Waals surface area contributed by atoms with Crippen LogP contribution in [0.15, 0.2) is 307 Å². The molecule has 8 aromatic carbocycles. The lowest BCUT2D eigenvalue weighted by atomic mass is 10.0. The van der Waals surface area contributed by atoms with Gasteiger partial charge in [-0.2, -0.15) is 0 Å². The Kier molecular flexibility index (Phi) is 39.0. The second-order valence-electron chi connectivity index (χ2n) is 34.4. The monoisotopic (exact) mass is 1710 g/mol. The summed E-state index contributed by atoms with van der Waals surface area (Å²) < 4.78 is 27.4. The average Bonchev–Trinajstić information content (AvgIpc) is 1.59. The summed E-state index contributed by atoms with van der Waals surface area (Å²) in [4.78, 5) is 43.4. The molecule has 12 nitrogen and oxygen atoms in total. The number of rotatable bonds is 56. The largest absolute Gasteiger partial charge is 0.457 e. The van der Waals surface area contributed by atoms with Crippen LogP contribution in [0.3, 0.4) is 0 Å². The number of ether oxygens (including phenoxy) is 4. The maximum absolute atomic E-state index is 6.85. The Bertz CT molecular complexity index is 5450. The van der Waals surface area contributed by atoms with Gasteiger partial charge in [0.1, 0.15) is 46.0 Å². The Labute approximate surface area is 765 Å². The molecule has 0 N–H and O–H groups in total. The van der Waals surface area contributed by atoms with E-state index in [0.29, 0.717) is 69.7 Å². The SMILES string of the molecule is CCC/C=C/C/C=C/CCCCCCCc1cccc(Oc2ccc3c(c2)C2=NC3=NC3=NC(=NC4=NC(=NC5=NC(=N2)c2ccc(Oc6cccc(CCCCCCC/C=C/C/C=C/CCC)c6)cc25)c2cc(Oc5cccc(CCCCCCC/C=C/C/C=C/CCC)c5)ccc24)c2cc(Oc4cccc(CCCCCCC/C=C/C/C=C/CCC)c4)ccc23)c1. The normalized spacial score (nSPS) is 13.9. The molecule has 0 atom stereocenters. The highest BCUT2D eigenvalue weighted by Gasteiger charge is 2.33. The fourth-order valence-electron chi connectivity index (χ4n) is 16.6. The first kappa shape index (κ1) is 93.9. The summed E-state index contributed by atoms with van der Waals surface area (Å²) in [5.41, 5.74) is 10.9. The van der Waals surface area contributed by atoms with Crippen molar-refractivity contribution in [2.45, 2.75) is 285 Å². The van der Waals surface area contributed by atoms with E-state index in [0.717, 1.165) is 196 Å². The molecular weight excluding hydrogens is 1570 g/mol. The molecule has 5 aliphatic heterocycles. The number of fused-ring (bicyclic) bond motifs is 16. The predicted octanol–water partition coefficient (Wildman–Crippen LogP) is 32.7. The standard InChI is InChI=1S/C116H136N8O4/c1-5-9-13-17-21-25-29-33-37-41-45-49-53-61-89-65-57-69-93(81-89)125-97-73-77-101-105(85-97)113-118-109(101)117-110-102-78-74-98(126-94-70-58-66-90(82-94)62-54-50-46-42-38-34-30-26-22-18-14-10-6-2)86-106(102)114(119-110)121-112-104-80-76-100(128-96-72-60-68-92(84-96)64-56-52-48-44-40-36-32-28-24-20-16-12-8-4)88-108(104)116(123-112)124-115-107-87-99(75-79-103(107)111(120-113)122-115)127-95-71-59-67-91(83-95)63-55-51-47-43-39-35-31-27-23-19-15-11-7-3/h13-20,25-32,57-60,65-88H,5-12,21-24,33-56,61-64H2,1-4H3/b17-13+,18-14+,19-15+,20-16+,29-25+,30-26+,31-27+,32-28+,117-109?,117-110?,120-111?,120-113?,121-112?,121-114?,124-115?,124-116?. The van der Waals surface area contributed by atoms with Crippen molar-refractivity contribution >= 4 is 46.7 Å². The molecule has 0 amide bonds. The fourth-order valence-corrected chi connectivity index (χ4v) is 16.6. The summed E-state index contributed by atoms with van der Waals surface area (Å²) in [7, 11) is 0. The molecule has 12 heteroatoms. The van der Waals surface area contributed by atoms with Crippen LogP contribution in [0.1, 0.15) is 326 Å². The van der Waals surface area contributed by atoms with Crippen LogP contribution < -0.4 is 18.9 Å². The lowest BCUT2D eigenvalue weighted by molar-refractivity contribution is 0.481. The van der Waals surface area contributed by atoms with Gasteiger partial charge in [-0.15, -0.1) is 0 Å². The molecule has 0 aliphatic carbocycles. The Morgan fingerprint density at radius 2 is 0.367 bits per heavy atom. The molecule has 8 aromatic rings. The van der Waals surface area contributed by atoms with E-state index in [1.165, 1.54) is 151 Å². The number of nitrogens with zero attached hydrogens (tertiary/aromatic N) is 8. The van der Waals surface area contributed by atoms with Crippen molar-refractivity contribution in [2.24, 2.45) is 39.9 Å². The third kappa shape index (κ3) is 30.2. The molecule has 5 heterocycles. The van der Waals surface area contributed by atoms with Gasteiger partial charge in [-0.05, 0) is 298 Å². The fraction of sp³-hybridized carbons (Fsp3) is 0.379. The molecule has 13 rings (SSSR count). The van der Waals surface area contributed by atoms with Crippen molar-refractivity contribution in [3.05, 3.63) is 334 Å². The number of benzene rings is 8. The molecule has 128 heavy (non-hydrogen) atoms. The van der Waals surface area contributed by atoms with Gasteiger partial charge in [-0.3, -0.25) is 0 Å². The van der Waals surface area contributed by atoms with E-state index in [4.69, 9.17) is 58.9 Å². The zero-order chi connectivity index (χ0) is 88.0. The summed E-state index contributed by atoms with van der Waals surface area (Å²) in [6.45, 7) is 8.90. The minimum absolute atomic E-state index is 0.401. The van der Waals surface area contributed by atoms with Gasteiger partial charge in [0.25, 0.3) is 0 Å². The number of aryl methyl sites for hydroxylation is 4. The van der Waals surface area contributed by atoms with Crippen molar-refractivity contribution in [3.63, 3.8) is 0 Å². The van der Waals surface area contributed by atoms with Crippen LogP contribution >= 0.6 is 0 Å². The first-order chi connectivity index (χ1) is 63.3. The van der Waals surface area contributed by atoms with Crippen molar-refractivity contribution in [2.75, 3.05) is 0 Å². The zero-order valence-corrected chi connectivity index (χ0v) is 76.9. The van der Waals surface area contributed by atoms with Gasteiger partial charge < -0.3 is 18.9 Å². The van der Waals surface area contributed by atoms with Crippen molar-refractivity contribution in [1.29, 1.82) is 0 Å². The lowest BCUT2D eigenvalue weighted by Gasteiger charge is -2.11. The molecule has 0 fully saturated rings. The average molecular weight is 1710 g/mol. The second kappa shape index (κ2) is 53.1. The summed E-state index contributed by atoms with van der Waals surface area (Å²) in [6, 6.07) is 58.2. The third-order valence-electron chi connectivity index (χ3n) is 23.7. The molecule has 664 valence electrons. The summed E-state index contributed by atoms with van der Waals surface area (Å²) in [5.74, 6) is 8.92. The third-order valence-corrected chi connectivity index (χ3v) is 23.7. The molecule has 0 saturated carbocycles. The second-order valence-corrected chi connectivity index (χ2v) is 34.4. The molecule has 0 spiro atoms. The van der Waals surface area contributed by atoms with Gasteiger partial charge in [0.2, 0.25) is 0 Å². The number of amidine groups is 8. The predicted molar refractivity (Wildman–Crippen MR) is 541 cm³/mol. The highest BCUT2D eigenvalue weighted by Crippen LogP contribution is 2.38. The Morgan fingerprint density at radius 1 is 0.180 bits per heavy atom. The van der Waals surface area contributed by atoms with E-state index in [-0.39, 0.29) is 0 Å². The quantitative estimate of drug-likeness (QED) is 0.0277. The number of allylic oxidation sites excluding steroid dienone is 16. The molecular formula is C116H136N8O4. The van der Waals surface area contributed by atoms with Crippen molar-refractivity contribution in [3.8, 4) is 46.0 Å². The minimum atomic E-state index is 0.401. The number of aliphatic imine (C=N–C) groups is 8. The van der Waals surface area contributed by atoms with E-state index in [1.54, 1.807) is 0 Å². The van der Waals surface area contributed by atoms with Crippen LogP contribution in [0.4, 0.5) is 0 Å². The van der Waals surface area contributed by atoms with Crippen LogP contribution in [-0.4, -0.2) is 46.7 Å². The Hall–Kier alpha value is -11.8. The lowest BCUT2D eigenvalue weighted by Crippen LogP contribution is -2.03. The molecule has 0 unspecified atom stereocenters. The van der Waals surface area contributed by atoms with E-state index in [2.05, 4.69) is 198 Å². The molecule has 0 radical (unpaired) electrons. The number of hydrogen-bond acceptors (Lipinski definition) is 12. The molecule has 8 bridgehead atoms. The van der Waals surface area contributed by atoms with Gasteiger partial charge >= 0.3 is 0 Å². The van der Waals surface area contributed by atoms with Gasteiger partial charge in [0.05, 0.1) is 0 Å². The van der Waals surface area contributed by atoms with E-state index in [1.807, 2.05) is 97.1 Å². The highest BCUT2D eigenvalue weighted by atomic mass is 16.5. The van der Waals surface area contributed by atoms with E-state index >= 15 is 0 Å². The summed E-state index contributed by atoms with van der Waals surface area (Å²) in [6.07, 6.45) is 83.0. The van der Waals surface area contributed by atoms with Gasteiger partial charge in [0, 0.05) is 44.5 Å². The Balaban J connectivity index is 0.790. The van der Waals surface area contributed by atoms with Crippen molar-refractivity contribution < 1.29 is 18.9 Å². The molecule has 0 aromatic heterocycles. The first-order valence-electron chi connectivity index (χ1n) is 48.9. The van der Waals surface area contributed by atoms with Crippen LogP contribution in [0.25, 0.3) is 0 Å². The van der Waals surface area contributed by atoms with Crippen LogP contribution in [0, 0.1) is 0 Å². The number of unbranched alkanes of at least 4 members (excludes halogenated alkanes) is 24. The highest BCUT2D eigenvalue weighted by molar-refractivity contribution is 6.35. The topological polar surface area (TPSA) is 136 Å². The summed E-state index contributed by atoms with van der Waals surface area (Å²) in [5, 5.41) is 0. The zero-order valence-electron chi connectivity index (χ0n) is 76.9. The van der Waals surface area contributed by atoms with Crippen LogP contribution in [0.2, 0.25) is 0 Å². The maximum atomic E-state index is 6.85. The summed E-state index contributed by atoms with van der Waals surface area (Å²) >= 11 is 0. The molecule has 0 saturated heterocycles. The minimum Gasteiger partial charge on any atom is -0.457 e. The van der Waals surface area contributed by atoms with Gasteiger partial charge in [-0.1, -0.05) is 276 Å². The number of hydrogen-bond donors (Lipinski definition) is 0. The van der Waals surface area contributed by atoms with E-state index in [9.17, 15) is 0 Å². The maximum Gasteiger partial charge on any atom is 0.164 e. The first-order valence-corrected chi connectivity index (χ1v) is 48.9. The van der Waals surface area contributed by atoms with E-state index < -0.39 is 0 Å². The smallest absolute Gasteiger partial charge is 0.164 e. The van der Waals surface area contributed by atoms with Gasteiger partial charge in [-0.25, -0.2) is 39.9 Å². The Morgan fingerprint density at radius 3 is 0.586 bits per heavy atom. The van der Waals surface area contributed by atoms with Crippen LogP contribution in [-0.2, 0) is 25.7 Å². The van der Waals surface area contributed by atoms with Crippen molar-refractivity contribution in [1.82, 2.24) is 0 Å². The van der Waals surface area contributed by atoms with Gasteiger partial charge in [0.15, 0.2) is 46.7 Å². The van der Waals surface area contributed by atoms with Crippen LogP contribution in [0.5, 0.6) is 46.0 Å². The molecule has 5 aliphatic rings.